The summed E-state index contributed by atoms with van der Waals surface area (Å²) in [7, 11) is 0. The molecule has 0 bridgehead atoms. The zero-order chi connectivity index (χ0) is 27.4. The number of amides is 2. The molecule has 1 unspecified atom stereocenters. The summed E-state index contributed by atoms with van der Waals surface area (Å²) in [5.74, 6) is 0.151. The van der Waals surface area contributed by atoms with Crippen molar-refractivity contribution in [3.63, 3.8) is 0 Å². The molecule has 0 spiro atoms. The Morgan fingerprint density at radius 2 is 1.77 bits per heavy atom. The van der Waals surface area contributed by atoms with E-state index in [2.05, 4.69) is 20.6 Å². The van der Waals surface area contributed by atoms with Crippen molar-refractivity contribution < 1.29 is 14.3 Å². The average molecular weight is 520 g/mol. The normalized spacial score (nSPS) is 13.4. The molecule has 5 rings (SSSR count). The van der Waals surface area contributed by atoms with Gasteiger partial charge >= 0.3 is 0 Å². The Morgan fingerprint density at radius 3 is 2.49 bits per heavy atom. The van der Waals surface area contributed by atoms with E-state index < -0.39 is 0 Å². The highest BCUT2D eigenvalue weighted by atomic mass is 16.5. The van der Waals surface area contributed by atoms with Crippen LogP contribution in [0.15, 0.2) is 78.9 Å². The van der Waals surface area contributed by atoms with Crippen molar-refractivity contribution in [2.45, 2.75) is 32.8 Å². The maximum absolute atomic E-state index is 13.4. The number of anilines is 2. The van der Waals surface area contributed by atoms with E-state index in [0.29, 0.717) is 41.0 Å². The van der Waals surface area contributed by atoms with Crippen molar-refractivity contribution >= 4 is 28.9 Å². The van der Waals surface area contributed by atoms with Crippen molar-refractivity contribution in [2.75, 3.05) is 17.2 Å². The lowest BCUT2D eigenvalue weighted by Gasteiger charge is -2.20. The molecule has 1 atom stereocenters. The maximum atomic E-state index is 13.4. The van der Waals surface area contributed by atoms with Gasteiger partial charge in [-0.1, -0.05) is 36.4 Å². The Morgan fingerprint density at radius 1 is 1.00 bits per heavy atom. The van der Waals surface area contributed by atoms with Crippen LogP contribution in [-0.2, 0) is 9.53 Å². The second-order valence-electron chi connectivity index (χ2n) is 9.75. The highest BCUT2D eigenvalue weighted by molar-refractivity contribution is 6.03. The third kappa shape index (κ3) is 6.40. The first-order chi connectivity index (χ1) is 18.9. The van der Waals surface area contributed by atoms with Crippen LogP contribution in [0, 0.1) is 19.4 Å². The molecule has 2 N–H and O–H groups in total. The summed E-state index contributed by atoms with van der Waals surface area (Å²) < 4.78 is 7.92. The smallest absolute Gasteiger partial charge is 0.274 e. The van der Waals surface area contributed by atoms with Crippen LogP contribution in [0.1, 0.15) is 53.2 Å². The number of aromatic nitrogens is 2. The van der Waals surface area contributed by atoms with Gasteiger partial charge in [-0.25, -0.2) is 9.53 Å². The number of aryl methyl sites for hydroxylation is 1. The van der Waals surface area contributed by atoms with Crippen molar-refractivity contribution in [3.8, 4) is 5.69 Å². The SMILES string of the molecule is [C-]#[N+]c1cccc(-n2nc(C)cc2C(=O)Nc2cccc(C(OCC3CC3)c3ccc(NC(C)=O)cc3)c2)c1. The van der Waals surface area contributed by atoms with Gasteiger partial charge in [-0.2, -0.15) is 5.10 Å². The topological polar surface area (TPSA) is 89.6 Å². The summed E-state index contributed by atoms with van der Waals surface area (Å²) in [6.45, 7) is 11.3. The van der Waals surface area contributed by atoms with Crippen LogP contribution in [0.4, 0.5) is 17.1 Å². The number of benzene rings is 3. The quantitative estimate of drug-likeness (QED) is 0.249. The minimum atomic E-state index is -0.321. The summed E-state index contributed by atoms with van der Waals surface area (Å²) >= 11 is 0. The fraction of sp³-hybridized carbons (Fsp3) is 0.226. The van der Waals surface area contributed by atoms with Crippen molar-refractivity contribution in [1.29, 1.82) is 0 Å². The fourth-order valence-corrected chi connectivity index (χ4v) is 4.37. The molecule has 8 nitrogen and oxygen atoms in total. The third-order valence-corrected chi connectivity index (χ3v) is 6.44. The standard InChI is InChI=1S/C31H29N5O3/c1-20-16-29(36(35-20)28-9-5-7-26(18-28)32-3)31(38)34-27-8-4-6-24(17-27)30(39-19-22-10-11-22)23-12-14-25(15-13-23)33-21(2)37/h4-9,12-18,22,30H,10-11,19H2,1-2H3,(H,33,37)(H,34,38). The molecule has 0 radical (unpaired) electrons. The number of nitrogens with zero attached hydrogens (tertiary/aromatic N) is 3. The molecule has 1 aromatic heterocycles. The Kier molecular flexibility index (Phi) is 7.53. The van der Waals surface area contributed by atoms with E-state index in [-0.39, 0.29) is 17.9 Å². The molecule has 1 aliphatic carbocycles. The lowest BCUT2D eigenvalue weighted by Crippen LogP contribution is -2.17. The molecule has 39 heavy (non-hydrogen) atoms. The van der Waals surface area contributed by atoms with Gasteiger partial charge in [-0.3, -0.25) is 9.59 Å². The van der Waals surface area contributed by atoms with E-state index in [1.807, 2.05) is 61.5 Å². The largest absolute Gasteiger partial charge is 0.368 e. The van der Waals surface area contributed by atoms with Crippen LogP contribution < -0.4 is 10.6 Å². The minimum Gasteiger partial charge on any atom is -0.368 e. The Labute approximate surface area is 227 Å². The molecule has 2 amide bonds. The Balaban J connectivity index is 1.39. The monoisotopic (exact) mass is 519 g/mol. The van der Waals surface area contributed by atoms with Crippen molar-refractivity contribution in [2.24, 2.45) is 5.92 Å². The van der Waals surface area contributed by atoms with E-state index in [0.717, 1.165) is 16.8 Å². The van der Waals surface area contributed by atoms with Crippen LogP contribution in [0.2, 0.25) is 0 Å². The second-order valence-corrected chi connectivity index (χ2v) is 9.75. The Bertz CT molecular complexity index is 1550. The van der Waals surface area contributed by atoms with Gasteiger partial charge in [0.05, 0.1) is 24.6 Å². The van der Waals surface area contributed by atoms with Crippen LogP contribution >= 0.6 is 0 Å². The van der Waals surface area contributed by atoms with Crippen LogP contribution in [0.3, 0.4) is 0 Å². The maximum Gasteiger partial charge on any atom is 0.274 e. The molecule has 0 aliphatic heterocycles. The van der Waals surface area contributed by atoms with Crippen molar-refractivity contribution in [3.05, 3.63) is 113 Å². The van der Waals surface area contributed by atoms with E-state index in [9.17, 15) is 9.59 Å². The molecule has 1 heterocycles. The highest BCUT2D eigenvalue weighted by Gasteiger charge is 2.25. The zero-order valence-electron chi connectivity index (χ0n) is 21.8. The van der Waals surface area contributed by atoms with E-state index in [1.165, 1.54) is 19.8 Å². The van der Waals surface area contributed by atoms with E-state index in [4.69, 9.17) is 11.3 Å². The summed E-state index contributed by atoms with van der Waals surface area (Å²) in [6.07, 6.45) is 2.03. The molecule has 4 aromatic rings. The summed E-state index contributed by atoms with van der Waals surface area (Å²) in [5.41, 5.74) is 5.41. The number of ether oxygens (including phenoxy) is 1. The minimum absolute atomic E-state index is 0.122. The number of hydrogen-bond acceptors (Lipinski definition) is 4. The molecule has 8 heteroatoms. The number of rotatable bonds is 9. The zero-order valence-corrected chi connectivity index (χ0v) is 21.8. The van der Waals surface area contributed by atoms with Crippen LogP contribution in [0.5, 0.6) is 0 Å². The second kappa shape index (κ2) is 11.3. The van der Waals surface area contributed by atoms with Gasteiger partial charge in [0.1, 0.15) is 11.8 Å². The first-order valence-corrected chi connectivity index (χ1v) is 12.8. The number of carbonyl (C=O) groups is 2. The van der Waals surface area contributed by atoms with Gasteiger partial charge < -0.3 is 15.4 Å². The van der Waals surface area contributed by atoms with Gasteiger partial charge in [-0.05, 0) is 79.3 Å². The number of nitrogens with one attached hydrogen (secondary N) is 2. The van der Waals surface area contributed by atoms with Gasteiger partial charge in [0.25, 0.3) is 5.91 Å². The summed E-state index contributed by atoms with van der Waals surface area (Å²) in [4.78, 5) is 28.3. The molecule has 1 fully saturated rings. The molecule has 1 saturated carbocycles. The fourth-order valence-electron chi connectivity index (χ4n) is 4.37. The predicted molar refractivity (Wildman–Crippen MR) is 150 cm³/mol. The summed E-state index contributed by atoms with van der Waals surface area (Å²) in [6, 6.07) is 24.0. The van der Waals surface area contributed by atoms with Crippen LogP contribution in [0.25, 0.3) is 10.5 Å². The average Bonchev–Trinajstić information content (AvgIpc) is 3.68. The molecule has 3 aromatic carbocycles. The highest BCUT2D eigenvalue weighted by Crippen LogP contribution is 2.34. The van der Waals surface area contributed by atoms with Gasteiger partial charge in [0, 0.05) is 18.3 Å². The lowest BCUT2D eigenvalue weighted by atomic mass is 10.00. The van der Waals surface area contributed by atoms with E-state index >= 15 is 0 Å². The molecule has 196 valence electrons. The number of carbonyl (C=O) groups excluding carboxylic acids is 2. The lowest BCUT2D eigenvalue weighted by molar-refractivity contribution is -0.114. The third-order valence-electron chi connectivity index (χ3n) is 6.44. The summed E-state index contributed by atoms with van der Waals surface area (Å²) in [5, 5.41) is 10.3. The molecular weight excluding hydrogens is 490 g/mol. The van der Waals surface area contributed by atoms with Gasteiger partial charge in [0.15, 0.2) is 5.69 Å². The Hall–Kier alpha value is -4.74. The van der Waals surface area contributed by atoms with Gasteiger partial charge in [-0.15, -0.1) is 0 Å². The first kappa shape index (κ1) is 25.9. The first-order valence-electron chi connectivity index (χ1n) is 12.8. The van der Waals surface area contributed by atoms with Crippen LogP contribution in [-0.4, -0.2) is 28.2 Å². The van der Waals surface area contributed by atoms with Crippen molar-refractivity contribution in [1.82, 2.24) is 9.78 Å². The van der Waals surface area contributed by atoms with E-state index in [1.54, 1.807) is 28.9 Å². The number of hydrogen-bond donors (Lipinski definition) is 2. The molecule has 0 saturated heterocycles. The molecule has 1 aliphatic rings. The molecular formula is C31H29N5O3. The van der Waals surface area contributed by atoms with Gasteiger partial charge in [0.2, 0.25) is 5.91 Å². The predicted octanol–water partition coefficient (Wildman–Crippen LogP) is 6.46.